The van der Waals surface area contributed by atoms with Crippen LogP contribution in [0.3, 0.4) is 0 Å². The van der Waals surface area contributed by atoms with Gasteiger partial charge in [0.1, 0.15) is 6.10 Å². The number of aliphatic hydroxyl groups is 1. The predicted molar refractivity (Wildman–Crippen MR) is 128 cm³/mol. The van der Waals surface area contributed by atoms with Gasteiger partial charge in [0.05, 0.1) is 28.7 Å². The van der Waals surface area contributed by atoms with Gasteiger partial charge in [-0.3, -0.25) is 9.97 Å². The molecule has 0 amide bonds. The maximum Gasteiger partial charge on any atom is 0.417 e. The summed E-state index contributed by atoms with van der Waals surface area (Å²) in [5.74, 6) is 0.144. The van der Waals surface area contributed by atoms with E-state index in [1.54, 1.807) is 0 Å². The lowest BCUT2D eigenvalue weighted by atomic mass is 9.69. The molecule has 1 spiro atoms. The number of hydrogen-bond acceptors (Lipinski definition) is 6. The highest BCUT2D eigenvalue weighted by atomic mass is 19.4. The molecule has 2 atom stereocenters. The molecule has 6 rings (SSSR count). The van der Waals surface area contributed by atoms with E-state index in [1.807, 2.05) is 0 Å². The van der Waals surface area contributed by atoms with E-state index in [0.29, 0.717) is 51.4 Å². The van der Waals surface area contributed by atoms with Crippen molar-refractivity contribution in [3.63, 3.8) is 0 Å². The van der Waals surface area contributed by atoms with Gasteiger partial charge in [-0.2, -0.15) is 13.2 Å². The number of rotatable bonds is 2. The maximum absolute atomic E-state index is 13.3. The van der Waals surface area contributed by atoms with Gasteiger partial charge in [0.15, 0.2) is 0 Å². The monoisotopic (exact) mass is 518 g/mol. The van der Waals surface area contributed by atoms with Crippen molar-refractivity contribution in [3.05, 3.63) is 57.7 Å². The molecule has 1 N–H and O–H groups in total. The third-order valence-corrected chi connectivity index (χ3v) is 8.46. The Hall–Kier alpha value is -2.07. The van der Waals surface area contributed by atoms with E-state index in [0.717, 1.165) is 59.6 Å². The minimum Gasteiger partial charge on any atom is -0.388 e. The van der Waals surface area contributed by atoms with Crippen molar-refractivity contribution >= 4 is 0 Å². The van der Waals surface area contributed by atoms with Gasteiger partial charge >= 0.3 is 6.18 Å². The standard InChI is InChI=1S/C28H33F3N2O4/c1-26(2)13-19-21(20(34)14-26)23-22(24(33-19)16-5-9-35-10-6-16)25(37-27(23)7-11-36-12-8-27)18-4-3-17(15-32-18)28(29,30)31/h3-4,15-16,20,25,34H,5-14H2,1-2H3. The lowest BCUT2D eigenvalue weighted by Gasteiger charge is -2.40. The molecule has 0 saturated carbocycles. The first-order chi connectivity index (χ1) is 17.6. The first kappa shape index (κ1) is 25.2. The minimum absolute atomic E-state index is 0.0999. The molecule has 37 heavy (non-hydrogen) atoms. The number of hydrogen-bond donors (Lipinski definition) is 1. The van der Waals surface area contributed by atoms with E-state index >= 15 is 0 Å². The molecule has 0 aromatic carbocycles. The molecule has 2 fully saturated rings. The molecule has 2 aromatic rings. The van der Waals surface area contributed by atoms with Crippen molar-refractivity contribution in [1.29, 1.82) is 0 Å². The summed E-state index contributed by atoms with van der Waals surface area (Å²) in [5, 5.41) is 11.5. The zero-order chi connectivity index (χ0) is 26.0. The molecule has 5 heterocycles. The Balaban J connectivity index is 1.58. The second-order valence-corrected chi connectivity index (χ2v) is 11.7. The average Bonchev–Trinajstić information content (AvgIpc) is 3.17. The van der Waals surface area contributed by atoms with Crippen molar-refractivity contribution in [2.45, 2.75) is 82.3 Å². The molecule has 2 unspecified atom stereocenters. The number of pyridine rings is 2. The van der Waals surface area contributed by atoms with Crippen LogP contribution in [0.2, 0.25) is 0 Å². The molecule has 9 heteroatoms. The van der Waals surface area contributed by atoms with E-state index < -0.39 is 29.5 Å². The summed E-state index contributed by atoms with van der Waals surface area (Å²) in [7, 11) is 0. The summed E-state index contributed by atoms with van der Waals surface area (Å²) in [6, 6.07) is 2.49. The van der Waals surface area contributed by atoms with E-state index in [1.165, 1.54) is 6.07 Å². The number of halogens is 3. The normalized spacial score (nSPS) is 27.2. The Labute approximate surface area is 214 Å². The van der Waals surface area contributed by atoms with Crippen molar-refractivity contribution < 1.29 is 32.5 Å². The third kappa shape index (κ3) is 4.37. The molecular formula is C28H33F3N2O4. The number of aromatic nitrogens is 2. The van der Waals surface area contributed by atoms with Crippen LogP contribution >= 0.6 is 0 Å². The summed E-state index contributed by atoms with van der Waals surface area (Å²) in [5.41, 5.74) is 3.41. The van der Waals surface area contributed by atoms with Crippen LogP contribution in [0, 0.1) is 5.41 Å². The largest absolute Gasteiger partial charge is 0.417 e. The van der Waals surface area contributed by atoms with E-state index in [4.69, 9.17) is 19.2 Å². The topological polar surface area (TPSA) is 73.7 Å². The molecule has 3 aliphatic heterocycles. The molecule has 4 aliphatic rings. The van der Waals surface area contributed by atoms with Crippen LogP contribution in [-0.2, 0) is 32.4 Å². The fourth-order valence-corrected chi connectivity index (χ4v) is 6.72. The van der Waals surface area contributed by atoms with Gasteiger partial charge in [-0.25, -0.2) is 0 Å². The third-order valence-electron chi connectivity index (χ3n) is 8.46. The molecular weight excluding hydrogens is 485 g/mol. The quantitative estimate of drug-likeness (QED) is 0.565. The highest BCUT2D eigenvalue weighted by Crippen LogP contribution is 2.57. The summed E-state index contributed by atoms with van der Waals surface area (Å²) in [6.07, 6.45) is -0.731. The summed E-state index contributed by atoms with van der Waals surface area (Å²) in [4.78, 5) is 9.48. The number of fused-ring (bicyclic) bond motifs is 4. The fourth-order valence-electron chi connectivity index (χ4n) is 6.72. The van der Waals surface area contributed by atoms with Gasteiger partial charge < -0.3 is 19.3 Å². The lowest BCUT2D eigenvalue weighted by molar-refractivity contribution is -0.138. The van der Waals surface area contributed by atoms with E-state index in [2.05, 4.69) is 18.8 Å². The van der Waals surface area contributed by atoms with Gasteiger partial charge in [0.25, 0.3) is 0 Å². The maximum atomic E-state index is 13.3. The van der Waals surface area contributed by atoms with Gasteiger partial charge in [-0.1, -0.05) is 13.8 Å². The fraction of sp³-hybridized carbons (Fsp3) is 0.643. The van der Waals surface area contributed by atoms with Gasteiger partial charge in [-0.05, 0) is 48.8 Å². The minimum atomic E-state index is -4.47. The number of ether oxygens (including phenoxy) is 3. The van der Waals surface area contributed by atoms with Crippen LogP contribution in [0.25, 0.3) is 0 Å². The number of nitrogens with zero attached hydrogens (tertiary/aromatic N) is 2. The zero-order valence-electron chi connectivity index (χ0n) is 21.2. The smallest absolute Gasteiger partial charge is 0.388 e. The molecule has 200 valence electrons. The summed E-state index contributed by atoms with van der Waals surface area (Å²) in [6.45, 7) is 6.59. The molecule has 1 aliphatic carbocycles. The van der Waals surface area contributed by atoms with Crippen LogP contribution in [0.5, 0.6) is 0 Å². The van der Waals surface area contributed by atoms with Crippen LogP contribution in [-0.4, -0.2) is 41.5 Å². The van der Waals surface area contributed by atoms with E-state index in [9.17, 15) is 18.3 Å². The Morgan fingerprint density at radius 2 is 1.70 bits per heavy atom. The SMILES string of the molecule is CC1(C)Cc2nc(C3CCOCC3)c3c(c2C(O)C1)C1(CCOCC1)OC3c1ccc(C(F)(F)F)cn1. The second kappa shape index (κ2) is 9.00. The van der Waals surface area contributed by atoms with Crippen LogP contribution in [0.15, 0.2) is 18.3 Å². The van der Waals surface area contributed by atoms with Gasteiger partial charge in [0, 0.05) is 68.2 Å². The summed E-state index contributed by atoms with van der Waals surface area (Å²) >= 11 is 0. The van der Waals surface area contributed by atoms with Crippen LogP contribution < -0.4 is 0 Å². The molecule has 2 saturated heterocycles. The van der Waals surface area contributed by atoms with Crippen molar-refractivity contribution in [1.82, 2.24) is 9.97 Å². The number of alkyl halides is 3. The Morgan fingerprint density at radius 1 is 1.00 bits per heavy atom. The molecule has 2 aromatic heterocycles. The van der Waals surface area contributed by atoms with Gasteiger partial charge in [0.2, 0.25) is 0 Å². The number of aliphatic hydroxyl groups excluding tert-OH is 1. The van der Waals surface area contributed by atoms with Crippen molar-refractivity contribution in [2.75, 3.05) is 26.4 Å². The highest BCUT2D eigenvalue weighted by Gasteiger charge is 2.53. The molecule has 0 radical (unpaired) electrons. The Morgan fingerprint density at radius 3 is 2.35 bits per heavy atom. The zero-order valence-corrected chi connectivity index (χ0v) is 21.2. The second-order valence-electron chi connectivity index (χ2n) is 11.7. The lowest BCUT2D eigenvalue weighted by Crippen LogP contribution is -2.37. The molecule has 6 nitrogen and oxygen atoms in total. The first-order valence-electron chi connectivity index (χ1n) is 13.2. The van der Waals surface area contributed by atoms with Crippen molar-refractivity contribution in [2.24, 2.45) is 5.41 Å². The van der Waals surface area contributed by atoms with Crippen LogP contribution in [0.4, 0.5) is 13.2 Å². The Kier molecular flexibility index (Phi) is 6.14. The van der Waals surface area contributed by atoms with Crippen LogP contribution in [0.1, 0.15) is 103 Å². The van der Waals surface area contributed by atoms with Crippen molar-refractivity contribution in [3.8, 4) is 0 Å². The first-order valence-corrected chi connectivity index (χ1v) is 13.2. The summed E-state index contributed by atoms with van der Waals surface area (Å²) < 4.78 is 58.1. The Bertz CT molecular complexity index is 1170. The predicted octanol–water partition coefficient (Wildman–Crippen LogP) is 5.52. The average molecular weight is 519 g/mol. The van der Waals surface area contributed by atoms with E-state index in [-0.39, 0.29) is 11.3 Å². The highest BCUT2D eigenvalue weighted by molar-refractivity contribution is 5.54. The molecule has 0 bridgehead atoms. The van der Waals surface area contributed by atoms with Gasteiger partial charge in [-0.15, -0.1) is 0 Å².